The van der Waals surface area contributed by atoms with Crippen LogP contribution in [-0.4, -0.2) is 6.71 Å². The summed E-state index contributed by atoms with van der Waals surface area (Å²) in [7, 11) is 0. The van der Waals surface area contributed by atoms with Gasteiger partial charge in [-0.3, -0.25) is 0 Å². The van der Waals surface area contributed by atoms with Crippen LogP contribution in [0.15, 0.2) is 72.8 Å². The zero-order valence-electron chi connectivity index (χ0n) is 16.6. The summed E-state index contributed by atoms with van der Waals surface area (Å²) in [5.74, 6) is 0. The second-order valence-corrected chi connectivity index (χ2v) is 8.92. The summed E-state index contributed by atoms with van der Waals surface area (Å²) in [6, 6.07) is 27.7. The highest BCUT2D eigenvalue weighted by molar-refractivity contribution is 6.98. The fourth-order valence-corrected chi connectivity index (χ4v) is 6.27. The van der Waals surface area contributed by atoms with Crippen molar-refractivity contribution < 1.29 is 0 Å². The molecule has 0 saturated carbocycles. The van der Waals surface area contributed by atoms with Gasteiger partial charge < -0.3 is 0 Å². The van der Waals surface area contributed by atoms with Crippen LogP contribution in [-0.2, 0) is 19.3 Å². The molecule has 4 aromatic carbocycles. The first-order valence-corrected chi connectivity index (χ1v) is 10.7. The highest BCUT2D eigenvalue weighted by atomic mass is 14.3. The van der Waals surface area contributed by atoms with Gasteiger partial charge in [0.25, 0.3) is 0 Å². The molecule has 0 amide bonds. The van der Waals surface area contributed by atoms with Crippen molar-refractivity contribution >= 4 is 23.1 Å². The van der Waals surface area contributed by atoms with Crippen LogP contribution >= 0.6 is 0 Å². The van der Waals surface area contributed by atoms with Gasteiger partial charge in [-0.25, -0.2) is 0 Å². The van der Waals surface area contributed by atoms with Crippen molar-refractivity contribution in [2.24, 2.45) is 0 Å². The maximum atomic E-state index is 2.42. The number of hydrogen-bond acceptors (Lipinski definition) is 0. The lowest BCUT2D eigenvalue weighted by Crippen LogP contribution is -2.64. The largest absolute Gasteiger partial charge is 0.243 e. The van der Waals surface area contributed by atoms with E-state index in [1.165, 1.54) is 44.5 Å². The molecule has 0 aliphatic carbocycles. The van der Waals surface area contributed by atoms with E-state index in [2.05, 4.69) is 79.7 Å². The number of aryl methyl sites for hydroxylation is 1. The van der Waals surface area contributed by atoms with Crippen LogP contribution in [0.5, 0.6) is 0 Å². The normalized spacial score (nSPS) is 14.6. The van der Waals surface area contributed by atoms with Crippen LogP contribution in [0.3, 0.4) is 0 Å². The molecule has 29 heavy (non-hydrogen) atoms. The van der Waals surface area contributed by atoms with E-state index in [0.29, 0.717) is 6.71 Å². The minimum absolute atomic E-state index is 0.428. The Morgan fingerprint density at radius 1 is 0.517 bits per heavy atom. The first-order valence-electron chi connectivity index (χ1n) is 10.7. The zero-order valence-corrected chi connectivity index (χ0v) is 16.6. The van der Waals surface area contributed by atoms with E-state index in [1.807, 2.05) is 0 Å². The molecule has 0 spiro atoms. The van der Waals surface area contributed by atoms with Crippen molar-refractivity contribution in [1.29, 1.82) is 0 Å². The molecule has 0 unspecified atom stereocenters. The summed E-state index contributed by atoms with van der Waals surface area (Å²) in [6.45, 7) is 2.67. The topological polar surface area (TPSA) is 0 Å². The summed E-state index contributed by atoms with van der Waals surface area (Å²) in [6.07, 6.45) is 3.22. The van der Waals surface area contributed by atoms with Crippen molar-refractivity contribution in [2.75, 3.05) is 0 Å². The first-order chi connectivity index (χ1) is 14.3. The first kappa shape index (κ1) is 15.8. The van der Waals surface area contributed by atoms with Gasteiger partial charge in [0.15, 0.2) is 0 Å². The van der Waals surface area contributed by atoms with Crippen LogP contribution in [0.2, 0.25) is 0 Å². The fourth-order valence-electron chi connectivity index (χ4n) is 6.27. The van der Waals surface area contributed by atoms with Crippen molar-refractivity contribution in [3.63, 3.8) is 0 Å². The van der Waals surface area contributed by atoms with Crippen LogP contribution in [0, 0.1) is 6.92 Å². The maximum absolute atomic E-state index is 2.42. The SMILES string of the molecule is Cc1ccccc1-c1ccc2c3c1Cc1cccc4c1B3c1c(cccc1C2)C4. The molecule has 3 heterocycles. The van der Waals surface area contributed by atoms with Gasteiger partial charge in [0, 0.05) is 0 Å². The van der Waals surface area contributed by atoms with E-state index < -0.39 is 0 Å². The Labute approximate surface area is 172 Å². The number of hydrogen-bond donors (Lipinski definition) is 0. The number of benzene rings is 4. The second-order valence-electron chi connectivity index (χ2n) is 8.92. The third-order valence-electron chi connectivity index (χ3n) is 7.45. The molecule has 0 radical (unpaired) electrons. The molecule has 136 valence electrons. The maximum Gasteiger partial charge on any atom is 0.243 e. The molecule has 0 nitrogen and oxygen atoms in total. The van der Waals surface area contributed by atoms with E-state index in [1.54, 1.807) is 22.0 Å². The van der Waals surface area contributed by atoms with Gasteiger partial charge >= 0.3 is 0 Å². The van der Waals surface area contributed by atoms with Crippen molar-refractivity contribution in [1.82, 2.24) is 0 Å². The van der Waals surface area contributed by atoms with Crippen LogP contribution in [0.1, 0.15) is 38.9 Å². The average molecular weight is 368 g/mol. The Hall–Kier alpha value is -3.06. The minimum Gasteiger partial charge on any atom is -0.0620 e. The van der Waals surface area contributed by atoms with Gasteiger partial charge in [0.2, 0.25) is 6.71 Å². The molecule has 0 atom stereocenters. The molecule has 1 heteroatoms. The molecule has 0 bridgehead atoms. The lowest BCUT2D eigenvalue weighted by molar-refractivity contribution is 1.10. The van der Waals surface area contributed by atoms with Crippen LogP contribution in [0.4, 0.5) is 0 Å². The summed E-state index contributed by atoms with van der Waals surface area (Å²) >= 11 is 0. The van der Waals surface area contributed by atoms with E-state index in [9.17, 15) is 0 Å². The fraction of sp³-hybridized carbons (Fsp3) is 0.143. The van der Waals surface area contributed by atoms with E-state index >= 15 is 0 Å². The molecule has 7 rings (SSSR count). The summed E-state index contributed by atoms with van der Waals surface area (Å²) in [4.78, 5) is 0. The standard InChI is InChI=1S/C28H21B/c1-17-6-2-3-11-23(17)24-13-12-22-15-20-8-4-7-18-14-19-9-5-10-21-16-25(24)28(22)29(26(18)20)27(19)21/h2-13H,14-16H2,1H3. The predicted octanol–water partition coefficient (Wildman–Crippen LogP) is 3.89. The minimum atomic E-state index is 0.428. The third kappa shape index (κ3) is 2.00. The van der Waals surface area contributed by atoms with Crippen molar-refractivity contribution in [3.05, 3.63) is 112 Å². The Balaban J connectivity index is 1.59. The zero-order chi connectivity index (χ0) is 19.1. The monoisotopic (exact) mass is 368 g/mol. The second kappa shape index (κ2) is 5.51. The van der Waals surface area contributed by atoms with Crippen LogP contribution < -0.4 is 16.4 Å². The van der Waals surface area contributed by atoms with Gasteiger partial charge in [-0.1, -0.05) is 89.2 Å². The van der Waals surface area contributed by atoms with E-state index in [0.717, 1.165) is 19.3 Å². The van der Waals surface area contributed by atoms with E-state index in [4.69, 9.17) is 0 Å². The van der Waals surface area contributed by atoms with Gasteiger partial charge in [0.1, 0.15) is 0 Å². The highest BCUT2D eigenvalue weighted by Crippen LogP contribution is 2.34. The summed E-state index contributed by atoms with van der Waals surface area (Å²) in [5, 5.41) is 0. The van der Waals surface area contributed by atoms with Crippen molar-refractivity contribution in [3.8, 4) is 11.1 Å². The highest BCUT2D eigenvalue weighted by Gasteiger charge is 2.42. The molecule has 0 aromatic heterocycles. The molecular formula is C28H21B. The number of rotatable bonds is 1. The Kier molecular flexibility index (Phi) is 3.01. The summed E-state index contributed by atoms with van der Waals surface area (Å²) in [5.41, 5.74) is 18.3. The third-order valence-corrected chi connectivity index (χ3v) is 7.45. The van der Waals surface area contributed by atoms with Crippen molar-refractivity contribution in [2.45, 2.75) is 26.2 Å². The molecular weight excluding hydrogens is 347 g/mol. The van der Waals surface area contributed by atoms with Crippen LogP contribution in [0.25, 0.3) is 11.1 Å². The summed E-state index contributed by atoms with van der Waals surface area (Å²) < 4.78 is 0. The van der Waals surface area contributed by atoms with Gasteiger partial charge in [-0.15, -0.1) is 0 Å². The lowest BCUT2D eigenvalue weighted by Gasteiger charge is -2.40. The van der Waals surface area contributed by atoms with Gasteiger partial charge in [-0.05, 0) is 76.3 Å². The average Bonchev–Trinajstić information content (AvgIpc) is 2.75. The molecule has 4 aromatic rings. The molecule has 3 aliphatic rings. The van der Waals surface area contributed by atoms with E-state index in [-0.39, 0.29) is 0 Å². The Bertz CT molecular complexity index is 1310. The lowest BCUT2D eigenvalue weighted by atomic mass is 9.28. The molecule has 0 N–H and O–H groups in total. The van der Waals surface area contributed by atoms with Gasteiger partial charge in [0.05, 0.1) is 0 Å². The molecule has 3 aliphatic heterocycles. The molecule has 0 fully saturated rings. The smallest absolute Gasteiger partial charge is 0.0620 e. The Morgan fingerprint density at radius 3 is 1.76 bits per heavy atom. The van der Waals surface area contributed by atoms with Gasteiger partial charge in [-0.2, -0.15) is 0 Å². The molecule has 0 saturated heterocycles. The quantitative estimate of drug-likeness (QED) is 0.386. The predicted molar refractivity (Wildman–Crippen MR) is 123 cm³/mol. The Morgan fingerprint density at radius 2 is 1.10 bits per heavy atom.